The number of ether oxygens (including phenoxy) is 2. The van der Waals surface area contributed by atoms with Crippen molar-refractivity contribution < 1.29 is 26.7 Å². The minimum Gasteiger partial charge on any atom is -0.395 e. The number of hydrogen-bond donors (Lipinski definition) is 0. The van der Waals surface area contributed by atoms with Gasteiger partial charge in [-0.15, -0.1) is 20.1 Å². The Hall–Kier alpha value is -3.80. The smallest absolute Gasteiger partial charge is 0.395 e. The number of benzene rings is 2. The predicted octanol–water partition coefficient (Wildman–Crippen LogP) is 7.28. The van der Waals surface area contributed by atoms with Crippen LogP contribution >= 0.6 is 11.3 Å². The lowest BCUT2D eigenvalue weighted by Crippen LogP contribution is -2.28. The summed E-state index contributed by atoms with van der Waals surface area (Å²) in [7, 11) is -4.07. The van der Waals surface area contributed by atoms with Gasteiger partial charge >= 0.3 is 6.29 Å². The minimum absolute atomic E-state index is 0.0902. The molecule has 3 aromatic heterocycles. The van der Waals surface area contributed by atoms with Gasteiger partial charge < -0.3 is 9.47 Å². The quantitative estimate of drug-likeness (QED) is 0.202. The van der Waals surface area contributed by atoms with Crippen LogP contribution in [0.15, 0.2) is 78.0 Å². The number of alkyl halides is 2. The largest absolute Gasteiger partial charge is 0.586 e. The molecule has 0 saturated carbocycles. The van der Waals surface area contributed by atoms with Gasteiger partial charge in [-0.25, -0.2) is 17.4 Å². The summed E-state index contributed by atoms with van der Waals surface area (Å²) in [5.41, 5.74) is 2.58. The zero-order chi connectivity index (χ0) is 29.1. The Balaban J connectivity index is 1.36. The zero-order valence-corrected chi connectivity index (χ0v) is 24.4. The molecule has 1 saturated heterocycles. The van der Waals surface area contributed by atoms with Gasteiger partial charge in [-0.1, -0.05) is 36.2 Å². The van der Waals surface area contributed by atoms with Crippen LogP contribution in [0.4, 0.5) is 8.78 Å². The number of aryl methyl sites for hydroxylation is 1. The van der Waals surface area contributed by atoms with Gasteiger partial charge in [0, 0.05) is 50.8 Å². The summed E-state index contributed by atoms with van der Waals surface area (Å²) in [6.45, 7) is 4.95. The van der Waals surface area contributed by atoms with Crippen LogP contribution in [0.25, 0.3) is 32.6 Å². The standard InChI is InChI=1S/C31H27F2N3O4S2/c1-20-8-11-23(12-9-20)42(37,38)36-19-26(24-6-5-7-27-29(24)40-31(32,33)39-27)25-16-21(17-34-30(25)36)28-13-10-22(41-28)18-35-14-3-2-4-15-35/h5-13,16-17,19H,2-4,14-15,18H2,1H3. The molecule has 0 N–H and O–H groups in total. The van der Waals surface area contributed by atoms with Crippen LogP contribution in [0.3, 0.4) is 0 Å². The second-order valence-electron chi connectivity index (χ2n) is 10.7. The molecule has 2 aliphatic rings. The molecular formula is C31H27F2N3O4S2. The van der Waals surface area contributed by atoms with Crippen LogP contribution in [0, 0.1) is 6.92 Å². The number of rotatable bonds is 6. The van der Waals surface area contributed by atoms with Gasteiger partial charge in [-0.2, -0.15) is 0 Å². The third-order valence-corrected chi connectivity index (χ3v) is 10.5. The Labute approximate surface area is 246 Å². The molecule has 1 fully saturated rings. The lowest BCUT2D eigenvalue weighted by Gasteiger charge is -2.25. The number of nitrogens with zero attached hydrogens (tertiary/aromatic N) is 3. The lowest BCUT2D eigenvalue weighted by atomic mass is 10.0. The first-order valence-electron chi connectivity index (χ1n) is 13.7. The minimum atomic E-state index is -4.07. The second kappa shape index (κ2) is 10.2. The molecule has 42 heavy (non-hydrogen) atoms. The van der Waals surface area contributed by atoms with Gasteiger partial charge in [0.25, 0.3) is 10.0 Å². The van der Waals surface area contributed by atoms with Crippen molar-refractivity contribution >= 4 is 32.4 Å². The molecule has 2 aliphatic heterocycles. The van der Waals surface area contributed by atoms with Crippen molar-refractivity contribution in [3.63, 3.8) is 0 Å². The Bertz CT molecular complexity index is 1910. The van der Waals surface area contributed by atoms with Crippen LogP contribution in [-0.2, 0) is 16.6 Å². The first-order valence-corrected chi connectivity index (χ1v) is 16.0. The summed E-state index contributed by atoms with van der Waals surface area (Å²) in [6, 6.07) is 17.1. The lowest BCUT2D eigenvalue weighted by molar-refractivity contribution is -0.286. The molecule has 0 aliphatic carbocycles. The van der Waals surface area contributed by atoms with Gasteiger partial charge in [0.05, 0.1) is 4.90 Å². The number of piperidine rings is 1. The first-order chi connectivity index (χ1) is 20.2. The fraction of sp³-hybridized carbons (Fsp3) is 0.258. The summed E-state index contributed by atoms with van der Waals surface area (Å²) in [5.74, 6) is -0.274. The van der Waals surface area contributed by atoms with Crippen LogP contribution < -0.4 is 9.47 Å². The highest BCUT2D eigenvalue weighted by molar-refractivity contribution is 7.90. The van der Waals surface area contributed by atoms with Crippen LogP contribution in [0.2, 0.25) is 0 Å². The Kier molecular flexibility index (Phi) is 6.56. The second-order valence-corrected chi connectivity index (χ2v) is 13.6. The van der Waals surface area contributed by atoms with Gasteiger partial charge in [-0.05, 0) is 69.3 Å². The van der Waals surface area contributed by atoms with E-state index < -0.39 is 16.3 Å². The highest BCUT2D eigenvalue weighted by Gasteiger charge is 2.45. The zero-order valence-electron chi connectivity index (χ0n) is 22.7. The fourth-order valence-corrected chi connectivity index (χ4v) is 7.93. The average molecular weight is 608 g/mol. The predicted molar refractivity (Wildman–Crippen MR) is 158 cm³/mol. The normalized spacial score (nSPS) is 16.7. The number of pyridine rings is 1. The maximum atomic E-state index is 14.1. The van der Waals surface area contributed by atoms with E-state index in [0.717, 1.165) is 39.6 Å². The van der Waals surface area contributed by atoms with E-state index in [1.54, 1.807) is 41.8 Å². The molecule has 7 rings (SSSR count). The average Bonchev–Trinajstić information content (AvgIpc) is 3.68. The molecule has 216 valence electrons. The van der Waals surface area contributed by atoms with Crippen LogP contribution in [0.1, 0.15) is 29.7 Å². The Morgan fingerprint density at radius 2 is 1.76 bits per heavy atom. The summed E-state index contributed by atoms with van der Waals surface area (Å²) in [6.07, 6.45) is 2.96. The van der Waals surface area contributed by atoms with E-state index in [9.17, 15) is 17.2 Å². The summed E-state index contributed by atoms with van der Waals surface area (Å²) >= 11 is 1.67. The van der Waals surface area contributed by atoms with Crippen molar-refractivity contribution in [2.24, 2.45) is 0 Å². The van der Waals surface area contributed by atoms with E-state index in [-0.39, 0.29) is 27.6 Å². The molecule has 5 aromatic rings. The van der Waals surface area contributed by atoms with Crippen LogP contribution in [0.5, 0.6) is 11.5 Å². The van der Waals surface area contributed by atoms with Crippen LogP contribution in [-0.4, -0.2) is 41.7 Å². The number of thiophene rings is 1. The molecule has 0 unspecified atom stereocenters. The molecule has 0 atom stereocenters. The van der Waals surface area contributed by atoms with E-state index in [4.69, 9.17) is 4.74 Å². The number of halogens is 2. The van der Waals surface area contributed by atoms with Crippen molar-refractivity contribution in [3.8, 4) is 33.1 Å². The number of aromatic nitrogens is 2. The van der Waals surface area contributed by atoms with E-state index in [2.05, 4.69) is 20.7 Å². The molecule has 0 radical (unpaired) electrons. The highest BCUT2D eigenvalue weighted by atomic mass is 32.2. The fourth-order valence-electron chi connectivity index (χ4n) is 5.57. The maximum absolute atomic E-state index is 14.1. The monoisotopic (exact) mass is 607 g/mol. The number of fused-ring (bicyclic) bond motifs is 2. The van der Waals surface area contributed by atoms with Gasteiger partial charge in [-0.3, -0.25) is 4.90 Å². The third-order valence-electron chi connectivity index (χ3n) is 7.68. The van der Waals surface area contributed by atoms with Crippen molar-refractivity contribution in [3.05, 3.63) is 83.5 Å². The topological polar surface area (TPSA) is 73.7 Å². The van der Waals surface area contributed by atoms with Crippen molar-refractivity contribution in [1.82, 2.24) is 13.9 Å². The third kappa shape index (κ3) is 4.85. The molecule has 0 spiro atoms. The number of hydrogen-bond acceptors (Lipinski definition) is 7. The molecular weight excluding hydrogens is 580 g/mol. The number of para-hydroxylation sites is 1. The molecule has 0 bridgehead atoms. The van der Waals surface area contributed by atoms with E-state index in [0.29, 0.717) is 10.9 Å². The SMILES string of the molecule is Cc1ccc(S(=O)(=O)n2cc(-c3cccc4c3OC(F)(F)O4)c3cc(-c4ccc(CN5CCCCC5)s4)cnc32)cc1. The van der Waals surface area contributed by atoms with Gasteiger partial charge in [0.2, 0.25) is 0 Å². The van der Waals surface area contributed by atoms with Crippen molar-refractivity contribution in [2.75, 3.05) is 13.1 Å². The van der Waals surface area contributed by atoms with Crippen molar-refractivity contribution in [2.45, 2.75) is 43.9 Å². The Morgan fingerprint density at radius 3 is 2.55 bits per heavy atom. The van der Waals surface area contributed by atoms with Gasteiger partial charge in [0.15, 0.2) is 17.1 Å². The summed E-state index contributed by atoms with van der Waals surface area (Å²) in [4.78, 5) is 9.39. The Morgan fingerprint density at radius 1 is 0.976 bits per heavy atom. The van der Waals surface area contributed by atoms with E-state index >= 15 is 0 Å². The summed E-state index contributed by atoms with van der Waals surface area (Å²) in [5, 5.41) is 0.487. The summed E-state index contributed by atoms with van der Waals surface area (Å²) < 4.78 is 66.5. The van der Waals surface area contributed by atoms with Gasteiger partial charge in [0.1, 0.15) is 0 Å². The molecule has 7 nitrogen and oxygen atoms in total. The molecule has 0 amide bonds. The van der Waals surface area contributed by atoms with E-state index in [1.807, 2.05) is 19.1 Å². The molecule has 5 heterocycles. The number of likely N-dealkylation sites (tertiary alicyclic amines) is 1. The highest BCUT2D eigenvalue weighted by Crippen LogP contribution is 2.49. The van der Waals surface area contributed by atoms with Crippen molar-refractivity contribution in [1.29, 1.82) is 0 Å². The molecule has 2 aromatic carbocycles. The first kappa shape index (κ1) is 27.1. The molecule has 11 heteroatoms. The maximum Gasteiger partial charge on any atom is 0.586 e. The van der Waals surface area contributed by atoms with E-state index in [1.165, 1.54) is 48.5 Å².